The molecule has 20 heavy (non-hydrogen) atoms. The second-order valence-electron chi connectivity index (χ2n) is 5.34. The fraction of sp³-hybridized carbons (Fsp3) is 0.643. The van der Waals surface area contributed by atoms with Crippen molar-refractivity contribution in [1.82, 2.24) is 4.98 Å². The Kier molecular flexibility index (Phi) is 6.86. The molecule has 0 saturated carbocycles. The predicted molar refractivity (Wildman–Crippen MR) is 84.2 cm³/mol. The van der Waals surface area contributed by atoms with E-state index in [0.29, 0.717) is 35.0 Å². The van der Waals surface area contributed by atoms with Gasteiger partial charge in [-0.3, -0.25) is 0 Å². The van der Waals surface area contributed by atoms with Crippen molar-refractivity contribution in [3.05, 3.63) is 16.1 Å². The van der Waals surface area contributed by atoms with Gasteiger partial charge in [0, 0.05) is 6.54 Å². The molecule has 1 aromatic rings. The molecule has 0 spiro atoms. The van der Waals surface area contributed by atoms with Gasteiger partial charge in [-0.1, -0.05) is 30.1 Å². The van der Waals surface area contributed by atoms with Crippen LogP contribution in [0.2, 0.25) is 10.0 Å². The van der Waals surface area contributed by atoms with Gasteiger partial charge in [-0.2, -0.15) is 4.98 Å². The van der Waals surface area contributed by atoms with Gasteiger partial charge in [-0.15, -0.1) is 0 Å². The molecule has 0 amide bonds. The Morgan fingerprint density at radius 1 is 1.20 bits per heavy atom. The number of hydrogen-bond acceptors (Lipinski definition) is 4. The number of pyridine rings is 1. The predicted octanol–water partition coefficient (Wildman–Crippen LogP) is 4.40. The first kappa shape index (κ1) is 17.3. The maximum Gasteiger partial charge on any atom is 0.234 e. The summed E-state index contributed by atoms with van der Waals surface area (Å²) in [6.07, 6.45) is 0.982. The van der Waals surface area contributed by atoms with Gasteiger partial charge in [0.2, 0.25) is 5.88 Å². The first-order chi connectivity index (χ1) is 9.33. The zero-order chi connectivity index (χ0) is 15.2. The standard InChI is InChI=1S/C14H22Cl2N2O2/c1-5-6-17-12-10(15)9-11(16)13(18-12)19-7-8-20-14(2,3)4/h9H,5-8H2,1-4H3,(H,17,18). The minimum Gasteiger partial charge on any atom is -0.474 e. The summed E-state index contributed by atoms with van der Waals surface area (Å²) in [5, 5.41) is 4.02. The van der Waals surface area contributed by atoms with Crippen LogP contribution in [0.4, 0.5) is 5.82 Å². The molecule has 0 bridgehead atoms. The Morgan fingerprint density at radius 3 is 2.50 bits per heavy atom. The summed E-state index contributed by atoms with van der Waals surface area (Å²) in [6, 6.07) is 1.63. The number of hydrogen-bond donors (Lipinski definition) is 1. The van der Waals surface area contributed by atoms with E-state index in [1.54, 1.807) is 6.07 Å². The lowest BCUT2D eigenvalue weighted by Crippen LogP contribution is -2.22. The molecule has 0 fully saturated rings. The molecular formula is C14H22Cl2N2O2. The first-order valence-electron chi connectivity index (χ1n) is 6.70. The zero-order valence-corrected chi connectivity index (χ0v) is 13.9. The molecule has 0 saturated heterocycles. The van der Waals surface area contributed by atoms with E-state index in [1.165, 1.54) is 0 Å². The van der Waals surface area contributed by atoms with E-state index >= 15 is 0 Å². The van der Waals surface area contributed by atoms with Crippen molar-refractivity contribution in [2.75, 3.05) is 25.1 Å². The zero-order valence-electron chi connectivity index (χ0n) is 12.4. The summed E-state index contributed by atoms with van der Waals surface area (Å²) in [5.74, 6) is 0.955. The number of nitrogens with one attached hydrogen (secondary N) is 1. The summed E-state index contributed by atoms with van der Waals surface area (Å²) in [6.45, 7) is 9.70. The van der Waals surface area contributed by atoms with Gasteiger partial charge >= 0.3 is 0 Å². The maximum atomic E-state index is 6.07. The van der Waals surface area contributed by atoms with Crippen molar-refractivity contribution in [3.63, 3.8) is 0 Å². The number of halogens is 2. The Labute approximate surface area is 130 Å². The molecule has 4 nitrogen and oxygen atoms in total. The highest BCUT2D eigenvalue weighted by Gasteiger charge is 2.12. The molecule has 0 aliphatic rings. The van der Waals surface area contributed by atoms with E-state index in [1.807, 2.05) is 20.8 Å². The van der Waals surface area contributed by atoms with Crippen LogP contribution >= 0.6 is 23.2 Å². The van der Waals surface area contributed by atoms with Gasteiger partial charge in [0.05, 0.1) is 17.2 Å². The van der Waals surface area contributed by atoms with Gasteiger partial charge in [0.15, 0.2) is 0 Å². The number of rotatable bonds is 7. The third kappa shape index (κ3) is 6.16. The largest absolute Gasteiger partial charge is 0.474 e. The third-order valence-corrected chi connectivity index (χ3v) is 2.86. The molecule has 6 heteroatoms. The van der Waals surface area contributed by atoms with Gasteiger partial charge < -0.3 is 14.8 Å². The quantitative estimate of drug-likeness (QED) is 0.756. The highest BCUT2D eigenvalue weighted by Crippen LogP contribution is 2.30. The monoisotopic (exact) mass is 320 g/mol. The van der Waals surface area contributed by atoms with Crippen LogP contribution in [0.1, 0.15) is 34.1 Å². The average molecular weight is 321 g/mol. The van der Waals surface area contributed by atoms with Gasteiger partial charge in [-0.25, -0.2) is 0 Å². The molecule has 0 unspecified atom stereocenters. The van der Waals surface area contributed by atoms with Crippen LogP contribution in [0.15, 0.2) is 6.07 Å². The molecule has 0 aliphatic carbocycles. The molecule has 0 radical (unpaired) electrons. The van der Waals surface area contributed by atoms with Crippen molar-refractivity contribution in [1.29, 1.82) is 0 Å². The molecule has 1 N–H and O–H groups in total. The second-order valence-corrected chi connectivity index (χ2v) is 6.16. The smallest absolute Gasteiger partial charge is 0.234 e. The van der Waals surface area contributed by atoms with Crippen LogP contribution in [0.5, 0.6) is 5.88 Å². The van der Waals surface area contributed by atoms with E-state index in [0.717, 1.165) is 13.0 Å². The van der Waals surface area contributed by atoms with Crippen LogP contribution in [0.3, 0.4) is 0 Å². The van der Waals surface area contributed by atoms with E-state index < -0.39 is 0 Å². The molecular weight excluding hydrogens is 299 g/mol. The van der Waals surface area contributed by atoms with E-state index in [-0.39, 0.29) is 5.60 Å². The fourth-order valence-corrected chi connectivity index (χ4v) is 1.88. The Bertz CT molecular complexity index is 434. The van der Waals surface area contributed by atoms with Crippen LogP contribution in [-0.4, -0.2) is 30.3 Å². The molecule has 0 aliphatic heterocycles. The van der Waals surface area contributed by atoms with Crippen LogP contribution < -0.4 is 10.1 Å². The Morgan fingerprint density at radius 2 is 1.90 bits per heavy atom. The normalized spacial score (nSPS) is 11.5. The average Bonchev–Trinajstić information content (AvgIpc) is 2.34. The van der Waals surface area contributed by atoms with E-state index in [9.17, 15) is 0 Å². The van der Waals surface area contributed by atoms with Crippen molar-refractivity contribution in [2.24, 2.45) is 0 Å². The molecule has 1 aromatic heterocycles. The number of anilines is 1. The summed E-state index contributed by atoms with van der Waals surface area (Å²) < 4.78 is 11.1. The van der Waals surface area contributed by atoms with Crippen LogP contribution in [0.25, 0.3) is 0 Å². The lowest BCUT2D eigenvalue weighted by Gasteiger charge is -2.19. The van der Waals surface area contributed by atoms with Crippen molar-refractivity contribution in [2.45, 2.75) is 39.7 Å². The highest BCUT2D eigenvalue weighted by molar-refractivity contribution is 6.36. The third-order valence-electron chi connectivity index (χ3n) is 2.30. The summed E-state index contributed by atoms with van der Waals surface area (Å²) in [7, 11) is 0. The topological polar surface area (TPSA) is 43.4 Å². The van der Waals surface area contributed by atoms with Crippen LogP contribution in [-0.2, 0) is 4.74 Å². The lowest BCUT2D eigenvalue weighted by molar-refractivity contribution is -0.0167. The maximum absolute atomic E-state index is 6.07. The van der Waals surface area contributed by atoms with Gasteiger partial charge in [0.1, 0.15) is 17.4 Å². The second kappa shape index (κ2) is 7.91. The number of nitrogens with zero attached hydrogens (tertiary/aromatic N) is 1. The van der Waals surface area contributed by atoms with Gasteiger partial charge in [-0.05, 0) is 33.3 Å². The highest BCUT2D eigenvalue weighted by atomic mass is 35.5. The SMILES string of the molecule is CCCNc1nc(OCCOC(C)(C)C)c(Cl)cc1Cl. The number of aromatic nitrogens is 1. The van der Waals surface area contributed by atoms with Crippen molar-refractivity contribution in [3.8, 4) is 5.88 Å². The Hall–Kier alpha value is -0.710. The fourth-order valence-electron chi connectivity index (χ4n) is 1.40. The molecule has 114 valence electrons. The minimum absolute atomic E-state index is 0.186. The van der Waals surface area contributed by atoms with Crippen molar-refractivity contribution < 1.29 is 9.47 Å². The van der Waals surface area contributed by atoms with Crippen LogP contribution in [0, 0.1) is 0 Å². The van der Waals surface area contributed by atoms with E-state index in [2.05, 4.69) is 17.2 Å². The summed E-state index contributed by atoms with van der Waals surface area (Å²) >= 11 is 12.1. The molecule has 0 atom stereocenters. The minimum atomic E-state index is -0.186. The Balaban J connectivity index is 2.60. The number of ether oxygens (including phenoxy) is 2. The van der Waals surface area contributed by atoms with Crippen molar-refractivity contribution >= 4 is 29.0 Å². The van der Waals surface area contributed by atoms with Gasteiger partial charge in [0.25, 0.3) is 0 Å². The molecule has 0 aromatic carbocycles. The van der Waals surface area contributed by atoms with E-state index in [4.69, 9.17) is 32.7 Å². The summed E-state index contributed by atoms with van der Waals surface area (Å²) in [5.41, 5.74) is -0.186. The molecule has 1 rings (SSSR count). The molecule has 1 heterocycles. The lowest BCUT2D eigenvalue weighted by atomic mass is 10.2. The summed E-state index contributed by atoms with van der Waals surface area (Å²) in [4.78, 5) is 4.29. The first-order valence-corrected chi connectivity index (χ1v) is 7.45.